The molecular weight excluding hydrogens is 323 g/mol. The van der Waals surface area contributed by atoms with Gasteiger partial charge in [-0.1, -0.05) is 5.16 Å². The first-order chi connectivity index (χ1) is 10.1. The summed E-state index contributed by atoms with van der Waals surface area (Å²) >= 11 is 0. The summed E-state index contributed by atoms with van der Waals surface area (Å²) in [4.78, 5) is 4.96. The van der Waals surface area contributed by atoms with Gasteiger partial charge in [0.15, 0.2) is 14.9 Å². The Bertz CT molecular complexity index is 711. The Hall–Kier alpha value is -1.58. The van der Waals surface area contributed by atoms with Gasteiger partial charge in [-0.2, -0.15) is 9.49 Å². The maximum absolute atomic E-state index is 14.1. The first-order valence-electron chi connectivity index (χ1n) is 6.58. The fourth-order valence-corrected chi connectivity index (χ4v) is 3.59. The number of hydrogen-bond donors (Lipinski definition) is 0. The number of oxime groups is 1. The lowest BCUT2D eigenvalue weighted by Gasteiger charge is -2.13. The Balaban J connectivity index is 2.36. The van der Waals surface area contributed by atoms with Gasteiger partial charge < -0.3 is 4.84 Å². The highest BCUT2D eigenvalue weighted by molar-refractivity contribution is 8.05. The van der Waals surface area contributed by atoms with Crippen LogP contribution >= 0.6 is 0 Å². The van der Waals surface area contributed by atoms with Crippen molar-refractivity contribution in [2.75, 3.05) is 0 Å². The topological polar surface area (TPSA) is 73.5 Å². The lowest BCUT2D eigenvalue weighted by atomic mass is 10.1. The molecule has 0 radical (unpaired) electrons. The van der Waals surface area contributed by atoms with Crippen LogP contribution in [-0.2, 0) is 27.0 Å². The normalized spacial score (nSPS) is 17.7. The van der Waals surface area contributed by atoms with Gasteiger partial charge in [-0.25, -0.2) is 21.9 Å². The quantitative estimate of drug-likeness (QED) is 0.844. The molecule has 22 heavy (non-hydrogen) atoms. The molecule has 0 fully saturated rings. The molecule has 0 bridgehead atoms. The highest BCUT2D eigenvalue weighted by Gasteiger charge is 2.38. The highest BCUT2D eigenvalue weighted by atomic mass is 32.2. The molecule has 0 amide bonds. The first kappa shape index (κ1) is 16.8. The van der Waals surface area contributed by atoms with E-state index < -0.39 is 44.8 Å². The molecule has 124 valence electrons. The van der Waals surface area contributed by atoms with Crippen molar-refractivity contribution in [3.8, 4) is 0 Å². The second-order valence-corrected chi connectivity index (χ2v) is 7.53. The molecule has 0 aliphatic carbocycles. The molecule has 0 atom stereocenters. The minimum Gasteiger partial charge on any atom is -0.389 e. The summed E-state index contributed by atoms with van der Waals surface area (Å²) in [5.74, 6) is -1.99. The summed E-state index contributed by atoms with van der Waals surface area (Å²) in [6.07, 6.45) is -3.06. The standard InChI is InChI=1S/C12H16F3N3O3S/c1-4-18-11(15)7(9(16-18)10(13)14)6-22(19,20)8-5-12(2,3)21-17-8/h10H,4-6H2,1-3H3. The SMILES string of the molecule is CCn1nc(C(F)F)c(CS(=O)(=O)C2=NOC(C)(C)C2)c1F. The van der Waals surface area contributed by atoms with E-state index in [2.05, 4.69) is 10.3 Å². The third kappa shape index (κ3) is 3.11. The second kappa shape index (κ2) is 5.56. The van der Waals surface area contributed by atoms with Gasteiger partial charge in [0.05, 0.1) is 11.3 Å². The maximum atomic E-state index is 14.1. The molecule has 2 heterocycles. The van der Waals surface area contributed by atoms with E-state index in [0.717, 1.165) is 0 Å². The van der Waals surface area contributed by atoms with Crippen LogP contribution in [0.1, 0.15) is 44.9 Å². The van der Waals surface area contributed by atoms with Crippen LogP contribution in [0.15, 0.2) is 5.16 Å². The van der Waals surface area contributed by atoms with Crippen molar-refractivity contribution in [1.82, 2.24) is 9.78 Å². The molecule has 1 aromatic rings. The van der Waals surface area contributed by atoms with Gasteiger partial charge in [0, 0.05) is 13.0 Å². The predicted octanol–water partition coefficient (Wildman–Crippen LogP) is 2.41. The molecular formula is C12H16F3N3O3S. The van der Waals surface area contributed by atoms with Crippen molar-refractivity contribution in [3.05, 3.63) is 17.2 Å². The summed E-state index contributed by atoms with van der Waals surface area (Å²) in [5.41, 5.74) is -2.27. The van der Waals surface area contributed by atoms with Crippen LogP contribution in [-0.4, -0.2) is 28.8 Å². The van der Waals surface area contributed by atoms with Gasteiger partial charge in [0.25, 0.3) is 6.43 Å². The van der Waals surface area contributed by atoms with Gasteiger partial charge in [0.1, 0.15) is 11.3 Å². The van der Waals surface area contributed by atoms with E-state index in [0.29, 0.717) is 4.68 Å². The van der Waals surface area contributed by atoms with Crippen LogP contribution in [0, 0.1) is 5.95 Å². The second-order valence-electron chi connectivity index (χ2n) is 5.54. The molecule has 1 aliphatic rings. The predicted molar refractivity (Wildman–Crippen MR) is 72.7 cm³/mol. The van der Waals surface area contributed by atoms with Gasteiger partial charge in [-0.3, -0.25) is 0 Å². The number of alkyl halides is 2. The Morgan fingerprint density at radius 1 is 1.41 bits per heavy atom. The van der Waals surface area contributed by atoms with E-state index in [1.807, 2.05) is 0 Å². The Kier molecular flexibility index (Phi) is 4.24. The summed E-state index contributed by atoms with van der Waals surface area (Å²) in [6, 6.07) is 0. The van der Waals surface area contributed by atoms with Gasteiger partial charge >= 0.3 is 0 Å². The molecule has 1 aromatic heterocycles. The average molecular weight is 339 g/mol. The smallest absolute Gasteiger partial charge is 0.282 e. The summed E-state index contributed by atoms with van der Waals surface area (Å²) in [7, 11) is -4.06. The molecule has 0 spiro atoms. The zero-order valence-electron chi connectivity index (χ0n) is 12.3. The molecule has 0 saturated carbocycles. The molecule has 0 saturated heterocycles. The fourth-order valence-electron chi connectivity index (χ4n) is 2.06. The van der Waals surface area contributed by atoms with Crippen LogP contribution in [0.25, 0.3) is 0 Å². The van der Waals surface area contributed by atoms with E-state index in [4.69, 9.17) is 4.84 Å². The number of aromatic nitrogens is 2. The van der Waals surface area contributed by atoms with Crippen LogP contribution in [0.3, 0.4) is 0 Å². The van der Waals surface area contributed by atoms with E-state index in [1.165, 1.54) is 6.92 Å². The first-order valence-corrected chi connectivity index (χ1v) is 8.23. The lowest BCUT2D eigenvalue weighted by molar-refractivity contribution is 0.0123. The molecule has 1 aliphatic heterocycles. The molecule has 6 nitrogen and oxygen atoms in total. The van der Waals surface area contributed by atoms with Crippen LogP contribution in [0.5, 0.6) is 0 Å². The Labute approximate surface area is 125 Å². The molecule has 10 heteroatoms. The minimum absolute atomic E-state index is 0.00286. The van der Waals surface area contributed by atoms with E-state index in [1.54, 1.807) is 13.8 Å². The summed E-state index contributed by atoms with van der Waals surface area (Å²) in [6.45, 7) is 4.81. The van der Waals surface area contributed by atoms with Crippen molar-refractivity contribution < 1.29 is 26.4 Å². The van der Waals surface area contributed by atoms with Crippen LogP contribution in [0.2, 0.25) is 0 Å². The van der Waals surface area contributed by atoms with Gasteiger partial charge in [-0.05, 0) is 20.8 Å². The third-order valence-corrected chi connectivity index (χ3v) is 4.79. The molecule has 0 aromatic carbocycles. The number of hydrogen-bond acceptors (Lipinski definition) is 5. The number of halogens is 3. The van der Waals surface area contributed by atoms with Crippen molar-refractivity contribution in [2.24, 2.45) is 5.16 Å². The van der Waals surface area contributed by atoms with Crippen molar-refractivity contribution in [3.63, 3.8) is 0 Å². The fraction of sp³-hybridized carbons (Fsp3) is 0.667. The monoisotopic (exact) mass is 339 g/mol. The summed E-state index contributed by atoms with van der Waals surface area (Å²) in [5, 5.41) is 6.63. The third-order valence-electron chi connectivity index (χ3n) is 3.18. The zero-order valence-corrected chi connectivity index (χ0v) is 13.1. The van der Waals surface area contributed by atoms with Crippen molar-refractivity contribution >= 4 is 14.9 Å². The lowest BCUT2D eigenvalue weighted by Crippen LogP contribution is -2.23. The van der Waals surface area contributed by atoms with Gasteiger partial charge in [0.2, 0.25) is 5.95 Å². The van der Waals surface area contributed by atoms with Crippen LogP contribution < -0.4 is 0 Å². The molecule has 0 N–H and O–H groups in total. The average Bonchev–Trinajstić information content (AvgIpc) is 2.91. The Morgan fingerprint density at radius 3 is 2.50 bits per heavy atom. The Morgan fingerprint density at radius 2 is 2.05 bits per heavy atom. The summed E-state index contributed by atoms with van der Waals surface area (Å²) < 4.78 is 65.2. The molecule has 2 rings (SSSR count). The number of rotatable bonds is 4. The largest absolute Gasteiger partial charge is 0.389 e. The van der Waals surface area contributed by atoms with Gasteiger partial charge in [-0.15, -0.1) is 0 Å². The number of aryl methyl sites for hydroxylation is 1. The van der Waals surface area contributed by atoms with E-state index in [-0.39, 0.29) is 18.0 Å². The van der Waals surface area contributed by atoms with E-state index >= 15 is 0 Å². The minimum atomic E-state index is -4.06. The maximum Gasteiger partial charge on any atom is 0.282 e. The molecule has 0 unspecified atom stereocenters. The highest BCUT2D eigenvalue weighted by Crippen LogP contribution is 2.29. The van der Waals surface area contributed by atoms with Crippen LogP contribution in [0.4, 0.5) is 13.2 Å². The number of nitrogens with zero attached hydrogens (tertiary/aromatic N) is 3. The number of sulfone groups is 1. The van der Waals surface area contributed by atoms with E-state index in [9.17, 15) is 21.6 Å². The van der Waals surface area contributed by atoms with Crippen molar-refractivity contribution in [2.45, 2.75) is 51.5 Å². The van der Waals surface area contributed by atoms with Crippen molar-refractivity contribution in [1.29, 1.82) is 0 Å². The zero-order chi connectivity index (χ0) is 16.7.